The molecule has 1 aromatic rings. The minimum atomic E-state index is -4.46. The van der Waals surface area contributed by atoms with Gasteiger partial charge in [0.2, 0.25) is 5.91 Å². The molecule has 2 heterocycles. The van der Waals surface area contributed by atoms with E-state index in [9.17, 15) is 18.0 Å². The highest BCUT2D eigenvalue weighted by molar-refractivity contribution is 9.10. The van der Waals surface area contributed by atoms with Gasteiger partial charge in [-0.3, -0.25) is 4.79 Å². The van der Waals surface area contributed by atoms with Gasteiger partial charge < -0.3 is 9.80 Å². The Bertz CT molecular complexity index is 604. The standard InChI is InChI=1S/C15H17BrF3N3O/c16-11-8-12(15(17,18)19)13(20-9-11)21-4-1-5-22(7-6-21)14(23)10-2-3-10/h8-10H,1-7H2. The van der Waals surface area contributed by atoms with Gasteiger partial charge in [-0.1, -0.05) is 0 Å². The monoisotopic (exact) mass is 391 g/mol. The first kappa shape index (κ1) is 16.5. The molecule has 0 spiro atoms. The molecule has 0 N–H and O–H groups in total. The molecule has 3 rings (SSSR count). The molecule has 0 radical (unpaired) electrons. The van der Waals surface area contributed by atoms with Gasteiger partial charge in [0.25, 0.3) is 0 Å². The van der Waals surface area contributed by atoms with Crippen LogP contribution < -0.4 is 4.90 Å². The minimum absolute atomic E-state index is 0.0542. The van der Waals surface area contributed by atoms with Crippen molar-refractivity contribution in [3.63, 3.8) is 0 Å². The summed E-state index contributed by atoms with van der Waals surface area (Å²) in [5.74, 6) is 0.228. The summed E-state index contributed by atoms with van der Waals surface area (Å²) in [4.78, 5) is 19.5. The summed E-state index contributed by atoms with van der Waals surface area (Å²) in [5.41, 5.74) is -0.742. The highest BCUT2D eigenvalue weighted by Gasteiger charge is 2.37. The van der Waals surface area contributed by atoms with E-state index in [1.165, 1.54) is 6.20 Å². The van der Waals surface area contributed by atoms with Crippen molar-refractivity contribution < 1.29 is 18.0 Å². The summed E-state index contributed by atoms with van der Waals surface area (Å²) in [7, 11) is 0. The Balaban J connectivity index is 1.78. The second-order valence-electron chi connectivity index (χ2n) is 5.96. The second-order valence-corrected chi connectivity index (χ2v) is 6.88. The van der Waals surface area contributed by atoms with Crippen molar-refractivity contribution in [1.82, 2.24) is 9.88 Å². The van der Waals surface area contributed by atoms with Crippen molar-refractivity contribution in [2.45, 2.75) is 25.4 Å². The quantitative estimate of drug-likeness (QED) is 0.775. The molecule has 0 aromatic carbocycles. The molecule has 126 valence electrons. The first-order chi connectivity index (χ1) is 10.9. The number of alkyl halides is 3. The van der Waals surface area contributed by atoms with Gasteiger partial charge in [-0.2, -0.15) is 13.2 Å². The molecule has 1 saturated carbocycles. The largest absolute Gasteiger partial charge is 0.419 e. The number of nitrogens with zero attached hydrogens (tertiary/aromatic N) is 3. The number of rotatable bonds is 2. The molecule has 1 saturated heterocycles. The predicted octanol–water partition coefficient (Wildman–Crippen LogP) is 3.31. The zero-order valence-corrected chi connectivity index (χ0v) is 14.0. The van der Waals surface area contributed by atoms with Crippen molar-refractivity contribution in [1.29, 1.82) is 0 Å². The molecular formula is C15H17BrF3N3O. The first-order valence-corrected chi connectivity index (χ1v) is 8.42. The number of aromatic nitrogens is 1. The zero-order valence-electron chi connectivity index (χ0n) is 12.4. The van der Waals surface area contributed by atoms with Gasteiger partial charge in [-0.25, -0.2) is 4.98 Å². The van der Waals surface area contributed by atoms with Crippen LogP contribution in [0.3, 0.4) is 0 Å². The van der Waals surface area contributed by atoms with E-state index < -0.39 is 11.7 Å². The molecule has 23 heavy (non-hydrogen) atoms. The average molecular weight is 392 g/mol. The van der Waals surface area contributed by atoms with Crippen LogP contribution in [0.1, 0.15) is 24.8 Å². The third kappa shape index (κ3) is 3.79. The summed E-state index contributed by atoms with van der Waals surface area (Å²) in [6, 6.07) is 1.06. The molecule has 1 aromatic heterocycles. The van der Waals surface area contributed by atoms with Crippen LogP contribution in [-0.2, 0) is 11.0 Å². The van der Waals surface area contributed by atoms with Crippen LogP contribution in [0.15, 0.2) is 16.7 Å². The summed E-state index contributed by atoms with van der Waals surface area (Å²) < 4.78 is 40.1. The summed E-state index contributed by atoms with van der Waals surface area (Å²) in [6.45, 7) is 1.89. The Morgan fingerprint density at radius 1 is 1.22 bits per heavy atom. The van der Waals surface area contributed by atoms with Gasteiger partial charge in [0, 0.05) is 42.8 Å². The number of carbonyl (C=O) groups excluding carboxylic acids is 1. The number of hydrogen-bond donors (Lipinski definition) is 0. The maximum absolute atomic E-state index is 13.3. The van der Waals surface area contributed by atoms with Gasteiger partial charge in [0.05, 0.1) is 5.56 Å². The smallest absolute Gasteiger partial charge is 0.354 e. The van der Waals surface area contributed by atoms with Crippen molar-refractivity contribution in [2.24, 2.45) is 5.92 Å². The molecule has 1 amide bonds. The van der Waals surface area contributed by atoms with Crippen LogP contribution in [0.25, 0.3) is 0 Å². The highest BCUT2D eigenvalue weighted by atomic mass is 79.9. The Labute approximate surface area is 140 Å². The van der Waals surface area contributed by atoms with Crippen LogP contribution in [0.2, 0.25) is 0 Å². The molecule has 2 aliphatic rings. The second kappa shape index (κ2) is 6.30. The average Bonchev–Trinajstić information content (AvgIpc) is 3.32. The SMILES string of the molecule is O=C(C1CC1)N1CCCN(c2ncc(Br)cc2C(F)(F)F)CC1. The van der Waals surface area contributed by atoms with Gasteiger partial charge in [-0.05, 0) is 41.3 Å². The number of hydrogen-bond acceptors (Lipinski definition) is 3. The van der Waals surface area contributed by atoms with Crippen LogP contribution in [-0.4, -0.2) is 42.0 Å². The molecule has 1 aliphatic heterocycles. The van der Waals surface area contributed by atoms with Crippen molar-refractivity contribution in [3.05, 3.63) is 22.3 Å². The van der Waals surface area contributed by atoms with E-state index >= 15 is 0 Å². The van der Waals surface area contributed by atoms with Crippen molar-refractivity contribution in [3.8, 4) is 0 Å². The molecule has 4 nitrogen and oxygen atoms in total. The van der Waals surface area contributed by atoms with E-state index in [1.807, 2.05) is 0 Å². The lowest BCUT2D eigenvalue weighted by atomic mass is 10.2. The van der Waals surface area contributed by atoms with E-state index in [0.717, 1.165) is 18.9 Å². The fourth-order valence-corrected chi connectivity index (χ4v) is 3.16. The fraction of sp³-hybridized carbons (Fsp3) is 0.600. The van der Waals surface area contributed by atoms with Gasteiger partial charge in [0.1, 0.15) is 5.82 Å². The fourth-order valence-electron chi connectivity index (χ4n) is 2.83. The predicted molar refractivity (Wildman–Crippen MR) is 83.1 cm³/mol. The van der Waals surface area contributed by atoms with Gasteiger partial charge in [-0.15, -0.1) is 0 Å². The number of carbonyl (C=O) groups is 1. The molecule has 1 aliphatic carbocycles. The van der Waals surface area contributed by atoms with E-state index in [0.29, 0.717) is 37.1 Å². The van der Waals surface area contributed by atoms with Crippen LogP contribution >= 0.6 is 15.9 Å². The number of anilines is 1. The topological polar surface area (TPSA) is 36.4 Å². The number of amides is 1. The third-order valence-corrected chi connectivity index (χ3v) is 4.61. The summed E-state index contributed by atoms with van der Waals surface area (Å²) in [5, 5.41) is 0. The zero-order chi connectivity index (χ0) is 16.6. The van der Waals surface area contributed by atoms with E-state index in [-0.39, 0.29) is 17.6 Å². The van der Waals surface area contributed by atoms with E-state index in [4.69, 9.17) is 0 Å². The molecule has 0 bridgehead atoms. The Morgan fingerprint density at radius 3 is 2.61 bits per heavy atom. The third-order valence-electron chi connectivity index (χ3n) is 4.17. The normalized spacial score (nSPS) is 19.7. The summed E-state index contributed by atoms with van der Waals surface area (Å²) in [6.07, 6.45) is -0.560. The highest BCUT2D eigenvalue weighted by Crippen LogP contribution is 2.37. The number of halogens is 4. The van der Waals surface area contributed by atoms with E-state index in [2.05, 4.69) is 20.9 Å². The number of pyridine rings is 1. The Hall–Kier alpha value is -1.31. The van der Waals surface area contributed by atoms with Crippen LogP contribution in [0, 0.1) is 5.92 Å². The lowest BCUT2D eigenvalue weighted by Crippen LogP contribution is -2.36. The molecule has 0 atom stereocenters. The molecule has 8 heteroatoms. The molecular weight excluding hydrogens is 375 g/mol. The van der Waals surface area contributed by atoms with Gasteiger partial charge >= 0.3 is 6.18 Å². The van der Waals surface area contributed by atoms with Gasteiger partial charge in [0.15, 0.2) is 0 Å². The summed E-state index contributed by atoms with van der Waals surface area (Å²) >= 11 is 3.05. The molecule has 0 unspecified atom stereocenters. The maximum atomic E-state index is 13.3. The van der Waals surface area contributed by atoms with E-state index in [1.54, 1.807) is 9.80 Å². The Morgan fingerprint density at radius 2 is 1.96 bits per heavy atom. The van der Waals surface area contributed by atoms with Crippen LogP contribution in [0.4, 0.5) is 19.0 Å². The van der Waals surface area contributed by atoms with Crippen molar-refractivity contribution >= 4 is 27.7 Å². The minimum Gasteiger partial charge on any atom is -0.354 e. The Kier molecular flexibility index (Phi) is 4.53. The van der Waals surface area contributed by atoms with Crippen LogP contribution in [0.5, 0.6) is 0 Å². The lowest BCUT2D eigenvalue weighted by Gasteiger charge is -2.25. The first-order valence-electron chi connectivity index (χ1n) is 7.63. The molecule has 2 fully saturated rings. The van der Waals surface area contributed by atoms with Crippen molar-refractivity contribution in [2.75, 3.05) is 31.1 Å². The maximum Gasteiger partial charge on any atom is 0.419 e. The lowest BCUT2D eigenvalue weighted by molar-refractivity contribution is -0.137.